The van der Waals surface area contributed by atoms with Gasteiger partial charge in [-0.3, -0.25) is 9.69 Å². The maximum absolute atomic E-state index is 12.9. The Hall–Kier alpha value is -1.43. The number of hydrogen-bond donors (Lipinski definition) is 2. The first-order valence-electron chi connectivity index (χ1n) is 11.0. The molecule has 2 heterocycles. The molecule has 0 aromatic heterocycles. The summed E-state index contributed by atoms with van der Waals surface area (Å²) in [4.78, 5) is 15.3. The van der Waals surface area contributed by atoms with Crippen LogP contribution in [0.15, 0.2) is 30.3 Å². The highest BCUT2D eigenvalue weighted by molar-refractivity contribution is 5.80. The van der Waals surface area contributed by atoms with E-state index in [-0.39, 0.29) is 17.2 Å². The summed E-state index contributed by atoms with van der Waals surface area (Å²) in [6, 6.07) is 10.5. The largest absolute Gasteiger partial charge is 0.379 e. The highest BCUT2D eigenvalue weighted by atomic mass is 16.5. The summed E-state index contributed by atoms with van der Waals surface area (Å²) in [5.74, 6) is 0.911. The summed E-state index contributed by atoms with van der Waals surface area (Å²) in [6.45, 7) is 11.1. The molecule has 2 N–H and O–H groups in total. The third-order valence-corrected chi connectivity index (χ3v) is 6.41. The average Bonchev–Trinajstić information content (AvgIpc) is 3.07. The van der Waals surface area contributed by atoms with Crippen molar-refractivity contribution in [3.05, 3.63) is 35.9 Å². The van der Waals surface area contributed by atoms with Crippen LogP contribution in [0.3, 0.4) is 0 Å². The number of carbonyl (C=O) groups is 1. The molecular formula is C23H37N3O2. The topological polar surface area (TPSA) is 53.6 Å². The lowest BCUT2D eigenvalue weighted by Gasteiger charge is -2.43. The summed E-state index contributed by atoms with van der Waals surface area (Å²) in [5.41, 5.74) is 1.42. The van der Waals surface area contributed by atoms with Gasteiger partial charge in [-0.25, -0.2) is 0 Å². The monoisotopic (exact) mass is 387 g/mol. The first-order valence-corrected chi connectivity index (χ1v) is 11.0. The van der Waals surface area contributed by atoms with Gasteiger partial charge >= 0.3 is 0 Å². The van der Waals surface area contributed by atoms with E-state index in [2.05, 4.69) is 53.6 Å². The number of carbonyl (C=O) groups excluding carboxylic acids is 1. The van der Waals surface area contributed by atoms with Crippen molar-refractivity contribution >= 4 is 5.91 Å². The summed E-state index contributed by atoms with van der Waals surface area (Å²) >= 11 is 0. The van der Waals surface area contributed by atoms with Gasteiger partial charge in [-0.05, 0) is 17.9 Å². The predicted octanol–water partition coefficient (Wildman–Crippen LogP) is 2.67. The molecule has 28 heavy (non-hydrogen) atoms. The van der Waals surface area contributed by atoms with Gasteiger partial charge in [-0.15, -0.1) is 0 Å². The molecule has 2 aliphatic rings. The Kier molecular flexibility index (Phi) is 7.89. The predicted molar refractivity (Wildman–Crippen MR) is 113 cm³/mol. The van der Waals surface area contributed by atoms with Crippen molar-refractivity contribution in [3.63, 3.8) is 0 Å². The average molecular weight is 388 g/mol. The van der Waals surface area contributed by atoms with E-state index in [4.69, 9.17) is 4.74 Å². The third kappa shape index (κ3) is 5.34. The normalized spacial score (nSPS) is 22.1. The molecule has 0 aliphatic carbocycles. The molecule has 2 saturated heterocycles. The van der Waals surface area contributed by atoms with Crippen molar-refractivity contribution in [2.24, 2.45) is 17.3 Å². The lowest BCUT2D eigenvalue weighted by molar-refractivity contribution is -0.129. The van der Waals surface area contributed by atoms with Crippen molar-refractivity contribution < 1.29 is 9.53 Å². The number of nitrogens with zero attached hydrogens (tertiary/aromatic N) is 1. The smallest absolute Gasteiger partial charge is 0.225 e. The molecule has 5 heteroatoms. The van der Waals surface area contributed by atoms with Crippen LogP contribution in [0.1, 0.15) is 38.7 Å². The van der Waals surface area contributed by atoms with Crippen LogP contribution in [0, 0.1) is 17.3 Å². The van der Waals surface area contributed by atoms with E-state index < -0.39 is 0 Å². The summed E-state index contributed by atoms with van der Waals surface area (Å²) < 4.78 is 5.81. The van der Waals surface area contributed by atoms with Gasteiger partial charge in [-0.1, -0.05) is 57.0 Å². The molecule has 1 aromatic carbocycles. The maximum atomic E-state index is 12.9. The summed E-state index contributed by atoms with van der Waals surface area (Å²) in [7, 11) is 0. The van der Waals surface area contributed by atoms with Gasteiger partial charge in [0.25, 0.3) is 0 Å². The molecule has 2 unspecified atom stereocenters. The lowest BCUT2D eigenvalue weighted by Crippen LogP contribution is -2.60. The minimum Gasteiger partial charge on any atom is -0.379 e. The number of ether oxygens (including phenoxy) is 1. The molecule has 3 rings (SSSR count). The Morgan fingerprint density at radius 1 is 1.32 bits per heavy atom. The number of hydrogen-bond acceptors (Lipinski definition) is 4. The molecule has 2 aliphatic heterocycles. The van der Waals surface area contributed by atoms with E-state index >= 15 is 0 Å². The zero-order valence-corrected chi connectivity index (χ0v) is 17.6. The number of benzene rings is 1. The molecule has 5 nitrogen and oxygen atoms in total. The van der Waals surface area contributed by atoms with Gasteiger partial charge in [0.05, 0.1) is 12.5 Å². The van der Waals surface area contributed by atoms with E-state index in [1.165, 1.54) is 18.4 Å². The fraction of sp³-hybridized carbons (Fsp3) is 0.696. The molecule has 0 bridgehead atoms. The van der Waals surface area contributed by atoms with Crippen molar-refractivity contribution in [2.75, 3.05) is 45.9 Å². The number of nitrogens with one attached hydrogen (secondary N) is 2. The van der Waals surface area contributed by atoms with Gasteiger partial charge in [-0.2, -0.15) is 0 Å². The second kappa shape index (κ2) is 10.4. The minimum atomic E-state index is 0.0703. The Bertz CT molecular complexity index is 603. The van der Waals surface area contributed by atoms with Crippen LogP contribution in [-0.4, -0.2) is 56.7 Å². The Morgan fingerprint density at radius 3 is 2.75 bits per heavy atom. The second-order valence-electron chi connectivity index (χ2n) is 8.60. The quantitative estimate of drug-likeness (QED) is 0.573. The second-order valence-corrected chi connectivity index (χ2v) is 8.60. The van der Waals surface area contributed by atoms with Crippen LogP contribution in [0.4, 0.5) is 0 Å². The maximum Gasteiger partial charge on any atom is 0.225 e. The molecular weight excluding hydrogens is 350 g/mol. The molecule has 1 spiro atoms. The molecule has 0 radical (unpaired) electrons. The molecule has 1 amide bonds. The van der Waals surface area contributed by atoms with Crippen LogP contribution in [0.5, 0.6) is 0 Å². The highest BCUT2D eigenvalue weighted by Gasteiger charge is 2.53. The molecule has 2 fully saturated rings. The van der Waals surface area contributed by atoms with Gasteiger partial charge in [0.1, 0.15) is 0 Å². The molecule has 2 atom stereocenters. The van der Waals surface area contributed by atoms with Crippen molar-refractivity contribution in [1.82, 2.24) is 15.5 Å². The number of likely N-dealkylation sites (tertiary alicyclic amines) is 1. The fourth-order valence-electron chi connectivity index (χ4n) is 4.63. The van der Waals surface area contributed by atoms with Gasteiger partial charge in [0.2, 0.25) is 5.91 Å². The van der Waals surface area contributed by atoms with Gasteiger partial charge < -0.3 is 15.4 Å². The van der Waals surface area contributed by atoms with Gasteiger partial charge in [0, 0.05) is 51.3 Å². The summed E-state index contributed by atoms with van der Waals surface area (Å²) in [5, 5.41) is 6.53. The highest BCUT2D eigenvalue weighted by Crippen LogP contribution is 2.40. The number of amides is 1. The van der Waals surface area contributed by atoms with E-state index in [0.29, 0.717) is 19.1 Å². The Labute approximate surface area is 170 Å². The first kappa shape index (κ1) is 21.3. The Morgan fingerprint density at radius 2 is 2.11 bits per heavy atom. The third-order valence-electron chi connectivity index (χ3n) is 6.41. The van der Waals surface area contributed by atoms with Crippen LogP contribution >= 0.6 is 0 Å². The SMILES string of the molecule is CCCC(CC)COCCNC(=O)C1CN(Cc2ccccc2)CC12CNC2. The molecule has 0 saturated carbocycles. The minimum absolute atomic E-state index is 0.0703. The van der Waals surface area contributed by atoms with E-state index in [9.17, 15) is 4.79 Å². The van der Waals surface area contributed by atoms with Crippen molar-refractivity contribution in [3.8, 4) is 0 Å². The van der Waals surface area contributed by atoms with Crippen LogP contribution < -0.4 is 10.6 Å². The van der Waals surface area contributed by atoms with E-state index in [1.807, 2.05) is 6.07 Å². The van der Waals surface area contributed by atoms with Gasteiger partial charge in [0.15, 0.2) is 0 Å². The zero-order chi connectivity index (χ0) is 19.8. The molecule has 1 aromatic rings. The first-order chi connectivity index (χ1) is 13.7. The zero-order valence-electron chi connectivity index (χ0n) is 17.6. The number of rotatable bonds is 11. The standard InChI is InChI=1S/C23H37N3O2/c1-3-8-19(4-2)15-28-12-11-25-22(27)21-14-26(18-23(21)16-24-17-23)13-20-9-6-5-7-10-20/h5-7,9-10,19,21,24H,3-4,8,11-18H2,1-2H3,(H,25,27). The molecule has 156 valence electrons. The van der Waals surface area contributed by atoms with Crippen LogP contribution in [0.25, 0.3) is 0 Å². The lowest BCUT2D eigenvalue weighted by atomic mass is 9.72. The van der Waals surface area contributed by atoms with Crippen molar-refractivity contribution in [1.29, 1.82) is 0 Å². The Balaban J connectivity index is 1.43. The van der Waals surface area contributed by atoms with E-state index in [1.54, 1.807) is 0 Å². The van der Waals surface area contributed by atoms with Crippen LogP contribution in [-0.2, 0) is 16.1 Å². The van der Waals surface area contributed by atoms with Crippen LogP contribution in [0.2, 0.25) is 0 Å². The fourth-order valence-corrected chi connectivity index (χ4v) is 4.63. The van der Waals surface area contributed by atoms with E-state index in [0.717, 1.165) is 45.8 Å². The van der Waals surface area contributed by atoms with Crippen molar-refractivity contribution in [2.45, 2.75) is 39.7 Å². The summed E-state index contributed by atoms with van der Waals surface area (Å²) in [6.07, 6.45) is 3.59.